The molecule has 0 aromatic carbocycles. The third-order valence-corrected chi connectivity index (χ3v) is 8.37. The lowest BCUT2D eigenvalue weighted by Gasteiger charge is -2.27. The van der Waals surface area contributed by atoms with Crippen LogP contribution in [0.3, 0.4) is 0 Å². The first-order valence-electron chi connectivity index (χ1n) is 8.85. The van der Waals surface area contributed by atoms with Crippen molar-refractivity contribution in [3.8, 4) is 12.3 Å². The van der Waals surface area contributed by atoms with Crippen LogP contribution in [0.1, 0.15) is 11.9 Å². The van der Waals surface area contributed by atoms with E-state index >= 15 is 4.39 Å². The van der Waals surface area contributed by atoms with E-state index in [4.69, 9.17) is 25.8 Å². The van der Waals surface area contributed by atoms with Crippen molar-refractivity contribution in [2.45, 2.75) is 30.7 Å². The second kappa shape index (κ2) is 9.02. The maximum atomic E-state index is 15.5. The molecule has 3 rings (SSSR count). The second-order valence-corrected chi connectivity index (χ2v) is 11.5. The number of aliphatic hydroxyl groups excluding tert-OH is 1. The lowest BCUT2D eigenvalue weighted by atomic mass is 9.94. The Balaban J connectivity index is 1.90. The Morgan fingerprint density at radius 1 is 1.23 bits per heavy atom. The number of fused-ring (bicyclic) bond motifs is 1. The van der Waals surface area contributed by atoms with Crippen molar-refractivity contribution in [3.63, 3.8) is 0 Å². The average molecular weight is 565 g/mol. The summed E-state index contributed by atoms with van der Waals surface area (Å²) in [5, 5.41) is 21.0. The molecule has 2 unspecified atom stereocenters. The molecule has 1 fully saturated rings. The zero-order chi connectivity index (χ0) is 26.6. The number of ether oxygens (including phenoxy) is 1. The molecule has 194 valence electrons. The summed E-state index contributed by atoms with van der Waals surface area (Å²) < 4.78 is 80.7. The third kappa shape index (κ3) is 5.53. The number of aromatic nitrogens is 3. The molecule has 1 aliphatic heterocycles. The molecule has 0 saturated carbocycles. The van der Waals surface area contributed by atoms with E-state index in [9.17, 15) is 33.2 Å². The van der Waals surface area contributed by atoms with Gasteiger partial charge < -0.3 is 34.5 Å². The van der Waals surface area contributed by atoms with Crippen molar-refractivity contribution < 1.29 is 70.1 Å². The minimum absolute atomic E-state index is 0.146. The normalized spacial score (nSPS) is 30.6. The van der Waals surface area contributed by atoms with Crippen molar-refractivity contribution in [2.75, 3.05) is 6.61 Å². The van der Waals surface area contributed by atoms with E-state index in [1.165, 1.54) is 6.92 Å². The maximum absolute atomic E-state index is 15.5. The van der Waals surface area contributed by atoms with Gasteiger partial charge in [-0.3, -0.25) is 9.09 Å². The molecule has 2 aromatic rings. The van der Waals surface area contributed by atoms with Crippen LogP contribution in [0.15, 0.2) is 12.5 Å². The van der Waals surface area contributed by atoms with E-state index in [1.54, 1.807) is 5.92 Å². The largest absolute Gasteiger partial charge is 0.490 e. The summed E-state index contributed by atoms with van der Waals surface area (Å²) in [6.45, 7) is -0.398. The summed E-state index contributed by atoms with van der Waals surface area (Å²) >= 11 is 0. The van der Waals surface area contributed by atoms with E-state index in [2.05, 4.69) is 23.1 Å². The van der Waals surface area contributed by atoms with E-state index in [0.717, 1.165) is 10.9 Å². The Morgan fingerprint density at radius 2 is 1.86 bits per heavy atom. The Kier molecular flexibility index (Phi) is 7.19. The molecule has 16 nitrogen and oxygen atoms in total. The van der Waals surface area contributed by atoms with Crippen LogP contribution < -0.4 is 0 Å². The first-order chi connectivity index (χ1) is 15.8. The van der Waals surface area contributed by atoms with Gasteiger partial charge in [-0.1, -0.05) is 5.92 Å². The highest BCUT2D eigenvalue weighted by atomic mass is 31.3. The lowest BCUT2D eigenvalue weighted by Crippen LogP contribution is -2.50. The molecule has 6 N–H and O–H groups in total. The standard InChI is InChI=1S/C14H16F2N3O13P3/c1-3-13(21)11(20)14(16,5-29-34(25,26)32-35(27,28)31-33(22,23)24)30-12(13)19-4-8(15)9-7(2)17-6-18-10(9)19/h1,4,6,11-12,20-21H,5H2,2H3,(H,25,26)(H,27,28)(H2,22,23,24)/t11-,12+,13+,14+/m0/s1. The number of hydrogen-bond acceptors (Lipinski definition) is 11. The summed E-state index contributed by atoms with van der Waals surface area (Å²) in [6.07, 6.45) is 2.12. The summed E-state index contributed by atoms with van der Waals surface area (Å²) in [6, 6.07) is 0. The number of halogens is 2. The summed E-state index contributed by atoms with van der Waals surface area (Å²) in [7, 11) is -17.4. The van der Waals surface area contributed by atoms with Gasteiger partial charge in [0.15, 0.2) is 18.1 Å². The molecule has 0 aliphatic carbocycles. The maximum Gasteiger partial charge on any atom is 0.490 e. The Labute approximate surface area is 193 Å². The Morgan fingerprint density at radius 3 is 2.43 bits per heavy atom. The van der Waals surface area contributed by atoms with Gasteiger partial charge in [0.25, 0.3) is 5.85 Å². The summed E-state index contributed by atoms with van der Waals surface area (Å²) in [4.78, 5) is 43.3. The molecule has 0 bridgehead atoms. The molecule has 6 atom stereocenters. The lowest BCUT2D eigenvalue weighted by molar-refractivity contribution is -0.203. The van der Waals surface area contributed by atoms with Crippen LogP contribution in [0.2, 0.25) is 0 Å². The number of aryl methyl sites for hydroxylation is 1. The number of rotatable bonds is 8. The first kappa shape index (κ1) is 27.9. The molecule has 21 heteroatoms. The number of hydrogen-bond donors (Lipinski definition) is 6. The van der Waals surface area contributed by atoms with Gasteiger partial charge in [-0.2, -0.15) is 8.62 Å². The van der Waals surface area contributed by atoms with Gasteiger partial charge in [0.05, 0.1) is 11.1 Å². The molecular formula is C14H16F2N3O13P3. The Hall–Kier alpha value is -1.67. The van der Waals surface area contributed by atoms with Crippen molar-refractivity contribution in [1.29, 1.82) is 0 Å². The van der Waals surface area contributed by atoms with Gasteiger partial charge in [-0.25, -0.2) is 32.4 Å². The predicted molar refractivity (Wildman–Crippen MR) is 106 cm³/mol. The van der Waals surface area contributed by atoms with Crippen molar-refractivity contribution >= 4 is 34.5 Å². The van der Waals surface area contributed by atoms with Gasteiger partial charge >= 0.3 is 23.5 Å². The average Bonchev–Trinajstić information content (AvgIpc) is 3.13. The quantitative estimate of drug-likeness (QED) is 0.184. The van der Waals surface area contributed by atoms with Gasteiger partial charge in [-0.05, 0) is 6.92 Å². The molecule has 2 aromatic heterocycles. The number of terminal acetylenes is 1. The number of aliphatic hydroxyl groups is 2. The molecule has 35 heavy (non-hydrogen) atoms. The fourth-order valence-corrected chi connectivity index (χ4v) is 6.21. The van der Waals surface area contributed by atoms with E-state index in [1.807, 2.05) is 0 Å². The Bertz CT molecular complexity index is 1340. The molecule has 0 radical (unpaired) electrons. The monoisotopic (exact) mass is 565 g/mol. The van der Waals surface area contributed by atoms with Gasteiger partial charge in [0.1, 0.15) is 18.6 Å². The van der Waals surface area contributed by atoms with Crippen LogP contribution in [-0.4, -0.2) is 68.5 Å². The highest BCUT2D eigenvalue weighted by molar-refractivity contribution is 7.66. The molecule has 0 amide bonds. The summed E-state index contributed by atoms with van der Waals surface area (Å²) in [5.41, 5.74) is -3.04. The SMILES string of the molecule is C#C[C@]1(O)[C@H](n2cc(F)c3c(C)ncnc32)O[C@](F)(COP(=O)(O)OP(=O)(O)OP(=O)(O)O)[C@H]1O. The van der Waals surface area contributed by atoms with Crippen molar-refractivity contribution in [3.05, 3.63) is 24.0 Å². The van der Waals surface area contributed by atoms with Crippen molar-refractivity contribution in [2.24, 2.45) is 0 Å². The van der Waals surface area contributed by atoms with Crippen LogP contribution in [0.25, 0.3) is 11.0 Å². The van der Waals surface area contributed by atoms with Crippen LogP contribution in [0, 0.1) is 25.1 Å². The molecular weight excluding hydrogens is 549 g/mol. The van der Waals surface area contributed by atoms with Crippen LogP contribution >= 0.6 is 23.5 Å². The fraction of sp³-hybridized carbons (Fsp3) is 0.429. The van der Waals surface area contributed by atoms with E-state index < -0.39 is 59.7 Å². The number of nitrogens with zero attached hydrogens (tertiary/aromatic N) is 3. The number of phosphoric ester groups is 1. The molecule has 1 saturated heterocycles. The fourth-order valence-electron chi connectivity index (χ4n) is 3.17. The zero-order valence-electron chi connectivity index (χ0n) is 17.1. The van der Waals surface area contributed by atoms with E-state index in [-0.39, 0.29) is 16.7 Å². The first-order valence-corrected chi connectivity index (χ1v) is 13.4. The highest BCUT2D eigenvalue weighted by Gasteiger charge is 2.66. The van der Waals surface area contributed by atoms with Crippen LogP contribution in [0.4, 0.5) is 8.78 Å². The number of phosphoric acid groups is 3. The summed E-state index contributed by atoms with van der Waals surface area (Å²) in [5.74, 6) is -2.88. The van der Waals surface area contributed by atoms with E-state index in [0.29, 0.717) is 6.20 Å². The predicted octanol–water partition coefficient (Wildman–Crippen LogP) is 0.142. The molecule has 0 spiro atoms. The molecule has 3 heterocycles. The minimum Gasteiger partial charge on any atom is -0.383 e. The molecule has 1 aliphatic rings. The van der Waals surface area contributed by atoms with Gasteiger partial charge in [0.2, 0.25) is 5.60 Å². The zero-order valence-corrected chi connectivity index (χ0v) is 19.8. The van der Waals surface area contributed by atoms with Gasteiger partial charge in [0, 0.05) is 6.20 Å². The smallest absolute Gasteiger partial charge is 0.383 e. The van der Waals surface area contributed by atoms with Crippen LogP contribution in [-0.2, 0) is 31.6 Å². The van der Waals surface area contributed by atoms with Crippen molar-refractivity contribution in [1.82, 2.24) is 14.5 Å². The highest BCUT2D eigenvalue weighted by Crippen LogP contribution is 2.66. The van der Waals surface area contributed by atoms with Crippen LogP contribution in [0.5, 0.6) is 0 Å². The number of alkyl halides is 1. The second-order valence-electron chi connectivity index (χ2n) is 7.04. The minimum atomic E-state index is -5.92. The topological polar surface area (TPSA) is 240 Å². The van der Waals surface area contributed by atoms with Gasteiger partial charge in [-0.15, -0.1) is 6.42 Å². The third-order valence-electron chi connectivity index (χ3n) is 4.59.